The third-order valence-corrected chi connectivity index (χ3v) is 5.19. The van der Waals surface area contributed by atoms with E-state index in [1.165, 1.54) is 4.90 Å². The quantitative estimate of drug-likeness (QED) is 0.270. The number of likely N-dealkylation sites (N-methyl/N-ethyl adjacent to an activating group) is 1. The number of rotatable bonds is 9. The summed E-state index contributed by atoms with van der Waals surface area (Å²) >= 11 is 0. The molecule has 32 heavy (non-hydrogen) atoms. The van der Waals surface area contributed by atoms with E-state index >= 15 is 0 Å². The van der Waals surface area contributed by atoms with Gasteiger partial charge in [-0.25, -0.2) is 4.99 Å². The number of benzene rings is 1. The maximum Gasteiger partial charge on any atom is 0.241 e. The van der Waals surface area contributed by atoms with Gasteiger partial charge in [-0.15, -0.1) is 24.0 Å². The summed E-state index contributed by atoms with van der Waals surface area (Å²) in [6.45, 7) is 2.48. The Labute approximate surface area is 207 Å². The number of piperidine rings is 1. The summed E-state index contributed by atoms with van der Waals surface area (Å²) in [5, 5.41) is 6.56. The third-order valence-electron chi connectivity index (χ3n) is 5.19. The van der Waals surface area contributed by atoms with Gasteiger partial charge in [-0.1, -0.05) is 12.1 Å². The molecule has 1 fully saturated rings. The maximum absolute atomic E-state index is 12.2. The smallest absolute Gasteiger partial charge is 0.241 e. The minimum Gasteiger partial charge on any atom is -0.497 e. The highest BCUT2D eigenvalue weighted by atomic mass is 127. The largest absolute Gasteiger partial charge is 0.497 e. The zero-order chi connectivity index (χ0) is 22.6. The van der Waals surface area contributed by atoms with Crippen LogP contribution in [0, 0.1) is 0 Å². The van der Waals surface area contributed by atoms with Crippen molar-refractivity contribution in [2.75, 3.05) is 54.6 Å². The Morgan fingerprint density at radius 2 is 1.81 bits per heavy atom. The first kappa shape index (κ1) is 28.0. The van der Waals surface area contributed by atoms with Gasteiger partial charge < -0.3 is 29.9 Å². The van der Waals surface area contributed by atoms with Gasteiger partial charge >= 0.3 is 0 Å². The van der Waals surface area contributed by atoms with Gasteiger partial charge in [0.25, 0.3) is 0 Å². The Morgan fingerprint density at radius 1 is 1.16 bits per heavy atom. The number of halogens is 1. The van der Waals surface area contributed by atoms with Crippen molar-refractivity contribution < 1.29 is 19.1 Å². The van der Waals surface area contributed by atoms with Crippen LogP contribution in [-0.2, 0) is 20.9 Å². The molecule has 9 nitrogen and oxygen atoms in total. The van der Waals surface area contributed by atoms with Crippen molar-refractivity contribution in [3.63, 3.8) is 0 Å². The van der Waals surface area contributed by atoms with Crippen LogP contribution in [-0.4, -0.2) is 88.2 Å². The molecule has 0 saturated carbocycles. The number of carbonyl (C=O) groups excluding carboxylic acids is 2. The highest BCUT2D eigenvalue weighted by molar-refractivity contribution is 14.0. The summed E-state index contributed by atoms with van der Waals surface area (Å²) in [6, 6.07) is 7.92. The van der Waals surface area contributed by atoms with Crippen LogP contribution in [0.1, 0.15) is 24.8 Å². The van der Waals surface area contributed by atoms with Crippen LogP contribution in [0.2, 0.25) is 0 Å². The molecule has 2 N–H and O–H groups in total. The van der Waals surface area contributed by atoms with E-state index in [4.69, 9.17) is 9.47 Å². The van der Waals surface area contributed by atoms with Gasteiger partial charge in [0.1, 0.15) is 5.75 Å². The zero-order valence-corrected chi connectivity index (χ0v) is 21.8. The number of amides is 2. The number of methoxy groups -OCH3 is 2. The Morgan fingerprint density at radius 3 is 2.38 bits per heavy atom. The fourth-order valence-corrected chi connectivity index (χ4v) is 3.19. The van der Waals surface area contributed by atoms with E-state index in [1.54, 1.807) is 28.3 Å². The van der Waals surface area contributed by atoms with Gasteiger partial charge in [0.15, 0.2) is 5.96 Å². The number of nitrogens with zero attached hydrogens (tertiary/aromatic N) is 3. The molecular formula is C22H36IN5O4. The van der Waals surface area contributed by atoms with E-state index in [2.05, 4.69) is 15.6 Å². The molecule has 1 aliphatic rings. The van der Waals surface area contributed by atoms with Crippen molar-refractivity contribution in [2.24, 2.45) is 4.99 Å². The second kappa shape index (κ2) is 14.9. The van der Waals surface area contributed by atoms with Crippen LogP contribution in [0.3, 0.4) is 0 Å². The normalized spacial score (nSPS) is 14.4. The number of carbonyl (C=O) groups is 2. The molecule has 0 bridgehead atoms. The van der Waals surface area contributed by atoms with Crippen molar-refractivity contribution in [1.29, 1.82) is 0 Å². The van der Waals surface area contributed by atoms with Gasteiger partial charge in [-0.3, -0.25) is 9.59 Å². The lowest BCUT2D eigenvalue weighted by Crippen LogP contribution is -2.51. The van der Waals surface area contributed by atoms with Crippen LogP contribution < -0.4 is 15.4 Å². The van der Waals surface area contributed by atoms with Gasteiger partial charge in [0.05, 0.1) is 33.2 Å². The number of guanidine groups is 1. The van der Waals surface area contributed by atoms with E-state index < -0.39 is 0 Å². The molecule has 180 valence electrons. The number of likely N-dealkylation sites (tertiary alicyclic amines) is 1. The monoisotopic (exact) mass is 561 g/mol. The van der Waals surface area contributed by atoms with E-state index in [1.807, 2.05) is 29.2 Å². The summed E-state index contributed by atoms with van der Waals surface area (Å²) in [7, 11) is 6.69. The molecule has 1 aromatic rings. The van der Waals surface area contributed by atoms with Crippen molar-refractivity contribution in [2.45, 2.75) is 31.8 Å². The first-order chi connectivity index (χ1) is 14.9. The van der Waals surface area contributed by atoms with Gasteiger partial charge in [0.2, 0.25) is 11.8 Å². The van der Waals surface area contributed by atoms with Crippen LogP contribution in [0.4, 0.5) is 0 Å². The summed E-state index contributed by atoms with van der Waals surface area (Å²) in [5.41, 5.74) is 1.04. The van der Waals surface area contributed by atoms with E-state index in [0.717, 1.165) is 24.2 Å². The van der Waals surface area contributed by atoms with Gasteiger partial charge in [-0.2, -0.15) is 0 Å². The molecule has 10 heteroatoms. The highest BCUT2D eigenvalue weighted by Crippen LogP contribution is 2.13. The van der Waals surface area contributed by atoms with Crippen molar-refractivity contribution in [3.05, 3.63) is 29.8 Å². The van der Waals surface area contributed by atoms with E-state index in [9.17, 15) is 9.59 Å². The molecule has 0 spiro atoms. The third kappa shape index (κ3) is 9.60. The first-order valence-corrected chi connectivity index (χ1v) is 10.6. The molecular weight excluding hydrogens is 525 g/mol. The molecule has 2 amide bonds. The molecule has 1 heterocycles. The average Bonchev–Trinajstić information content (AvgIpc) is 2.79. The molecule has 1 aromatic carbocycles. The Balaban J connectivity index is 0.00000512. The zero-order valence-electron chi connectivity index (χ0n) is 19.4. The van der Waals surface area contributed by atoms with Gasteiger partial charge in [-0.05, 0) is 30.5 Å². The maximum atomic E-state index is 12.2. The Hall–Kier alpha value is -2.08. The summed E-state index contributed by atoms with van der Waals surface area (Å²) in [6.07, 6.45) is 2.06. The summed E-state index contributed by atoms with van der Waals surface area (Å²) < 4.78 is 10.2. The molecule has 2 rings (SSSR count). The van der Waals surface area contributed by atoms with Crippen LogP contribution in [0.25, 0.3) is 0 Å². The molecule has 1 aliphatic heterocycles. The number of ether oxygens (including phenoxy) is 2. The van der Waals surface area contributed by atoms with E-state index in [0.29, 0.717) is 38.6 Å². The van der Waals surface area contributed by atoms with Gasteiger partial charge in [0, 0.05) is 40.3 Å². The second-order valence-corrected chi connectivity index (χ2v) is 7.70. The molecule has 0 unspecified atom stereocenters. The Kier molecular flexibility index (Phi) is 13.0. The minimum atomic E-state index is -0.0301. The lowest BCUT2D eigenvalue weighted by molar-refractivity contribution is -0.133. The second-order valence-electron chi connectivity index (χ2n) is 7.70. The fourth-order valence-electron chi connectivity index (χ4n) is 3.19. The number of hydrogen-bond acceptors (Lipinski definition) is 5. The van der Waals surface area contributed by atoms with E-state index in [-0.39, 0.29) is 48.4 Å². The van der Waals surface area contributed by atoms with Crippen LogP contribution >= 0.6 is 24.0 Å². The molecule has 0 atom stereocenters. The lowest BCUT2D eigenvalue weighted by atomic mass is 10.0. The molecule has 0 radical (unpaired) electrons. The lowest BCUT2D eigenvalue weighted by Gasteiger charge is -2.33. The summed E-state index contributed by atoms with van der Waals surface area (Å²) in [4.78, 5) is 32.3. The fraction of sp³-hybridized carbons (Fsp3) is 0.591. The predicted octanol–water partition coefficient (Wildman–Crippen LogP) is 1.46. The van der Waals surface area contributed by atoms with Crippen LogP contribution in [0.15, 0.2) is 29.3 Å². The highest BCUT2D eigenvalue weighted by Gasteiger charge is 2.23. The minimum absolute atomic E-state index is 0. The Bertz CT molecular complexity index is 734. The number of nitrogens with one attached hydrogen (secondary N) is 2. The molecule has 1 saturated heterocycles. The average molecular weight is 561 g/mol. The topological polar surface area (TPSA) is 95.5 Å². The molecule has 0 aromatic heterocycles. The van der Waals surface area contributed by atoms with Crippen LogP contribution in [0.5, 0.6) is 5.75 Å². The van der Waals surface area contributed by atoms with Crippen molar-refractivity contribution >= 4 is 41.8 Å². The predicted molar refractivity (Wildman–Crippen MR) is 135 cm³/mol. The number of hydrogen-bond donors (Lipinski definition) is 2. The first-order valence-electron chi connectivity index (χ1n) is 10.6. The summed E-state index contributed by atoms with van der Waals surface area (Å²) in [5.74, 6) is 1.49. The van der Waals surface area contributed by atoms with Crippen molar-refractivity contribution in [3.8, 4) is 5.75 Å². The van der Waals surface area contributed by atoms with Crippen molar-refractivity contribution in [1.82, 2.24) is 20.4 Å². The molecule has 0 aliphatic carbocycles. The standard InChI is InChI=1S/C22H35N5O4.HI/c1-26(2)21(29)16-24-22(23-15-17-5-7-19(31-4)8-6-17)25-18-9-12-27(13-10-18)20(28)11-14-30-3;/h5-8,18H,9-16H2,1-4H3,(H2,23,24,25);1H. The number of aliphatic imine (C=N–C) groups is 1. The SMILES string of the molecule is COCCC(=O)N1CCC(NC(=NCc2ccc(OC)cc2)NCC(=O)N(C)C)CC1.I.